The SMILES string of the molecule is Cc1ccc(/C=C/S(=O)(=O)N2CSCC2C(=O)N2CCSCC2)cc1. The highest BCUT2D eigenvalue weighted by molar-refractivity contribution is 8.01. The highest BCUT2D eigenvalue weighted by Gasteiger charge is 2.40. The van der Waals surface area contributed by atoms with E-state index >= 15 is 0 Å². The summed E-state index contributed by atoms with van der Waals surface area (Å²) >= 11 is 3.32. The summed E-state index contributed by atoms with van der Waals surface area (Å²) in [5.41, 5.74) is 1.96. The monoisotopic (exact) mass is 398 g/mol. The Kier molecular flexibility index (Phi) is 6.14. The van der Waals surface area contributed by atoms with Gasteiger partial charge in [-0.15, -0.1) is 11.8 Å². The number of amides is 1. The standard InChI is InChI=1S/C17H22N2O3S3/c1-14-2-4-15(5-3-14)6-11-25(21,22)19-13-24-12-16(19)17(20)18-7-9-23-10-8-18/h2-6,11,16H,7-10,12-13H2,1H3/b11-6+. The van der Waals surface area contributed by atoms with E-state index in [-0.39, 0.29) is 5.91 Å². The Morgan fingerprint density at radius 1 is 1.16 bits per heavy atom. The Labute approximate surface area is 157 Å². The Morgan fingerprint density at radius 3 is 2.52 bits per heavy atom. The lowest BCUT2D eigenvalue weighted by molar-refractivity contribution is -0.133. The van der Waals surface area contributed by atoms with Gasteiger partial charge in [0.15, 0.2) is 0 Å². The molecule has 0 aliphatic carbocycles. The summed E-state index contributed by atoms with van der Waals surface area (Å²) in [6.45, 7) is 3.40. The molecule has 2 saturated heterocycles. The molecule has 1 amide bonds. The van der Waals surface area contributed by atoms with Crippen molar-refractivity contribution in [3.8, 4) is 0 Å². The molecule has 136 valence electrons. The van der Waals surface area contributed by atoms with Crippen LogP contribution in [0.5, 0.6) is 0 Å². The Hall–Kier alpha value is -0.960. The molecule has 0 aromatic heterocycles. The van der Waals surface area contributed by atoms with Crippen molar-refractivity contribution in [3.63, 3.8) is 0 Å². The van der Waals surface area contributed by atoms with Gasteiger partial charge in [-0.2, -0.15) is 16.1 Å². The maximum absolute atomic E-state index is 12.7. The summed E-state index contributed by atoms with van der Waals surface area (Å²) in [5.74, 6) is 2.65. The number of carbonyl (C=O) groups excluding carboxylic acids is 1. The van der Waals surface area contributed by atoms with Crippen molar-refractivity contribution in [1.29, 1.82) is 0 Å². The molecule has 0 radical (unpaired) electrons. The van der Waals surface area contributed by atoms with Gasteiger partial charge in [0.05, 0.1) is 5.88 Å². The number of carbonyl (C=O) groups is 1. The van der Waals surface area contributed by atoms with Crippen LogP contribution in [0, 0.1) is 6.92 Å². The van der Waals surface area contributed by atoms with Crippen LogP contribution in [0.2, 0.25) is 0 Å². The van der Waals surface area contributed by atoms with Crippen LogP contribution in [0.1, 0.15) is 11.1 Å². The maximum Gasteiger partial charge on any atom is 0.241 e. The first-order chi connectivity index (χ1) is 12.0. The zero-order valence-electron chi connectivity index (χ0n) is 14.1. The number of aryl methyl sites for hydroxylation is 1. The summed E-state index contributed by atoms with van der Waals surface area (Å²) < 4.78 is 26.8. The topological polar surface area (TPSA) is 57.7 Å². The molecule has 2 aliphatic heterocycles. The van der Waals surface area contributed by atoms with Gasteiger partial charge in [-0.3, -0.25) is 4.79 Å². The summed E-state index contributed by atoms with van der Waals surface area (Å²) in [5, 5.41) is 1.22. The average Bonchev–Trinajstić information content (AvgIpc) is 3.12. The molecule has 2 fully saturated rings. The summed E-state index contributed by atoms with van der Waals surface area (Å²) in [4.78, 5) is 14.5. The van der Waals surface area contributed by atoms with Gasteiger partial charge in [0.2, 0.25) is 15.9 Å². The van der Waals surface area contributed by atoms with Crippen molar-refractivity contribution < 1.29 is 13.2 Å². The van der Waals surface area contributed by atoms with Crippen molar-refractivity contribution in [2.24, 2.45) is 0 Å². The molecule has 0 saturated carbocycles. The van der Waals surface area contributed by atoms with E-state index in [1.54, 1.807) is 11.0 Å². The molecule has 0 bridgehead atoms. The minimum absolute atomic E-state index is 0.0578. The lowest BCUT2D eigenvalue weighted by Crippen LogP contribution is -2.50. The molecule has 1 atom stereocenters. The van der Waals surface area contributed by atoms with Crippen LogP contribution in [-0.4, -0.2) is 65.8 Å². The highest BCUT2D eigenvalue weighted by Crippen LogP contribution is 2.27. The third-order valence-electron chi connectivity index (χ3n) is 4.29. The van der Waals surface area contributed by atoms with Gasteiger partial charge in [0, 0.05) is 35.8 Å². The average molecular weight is 399 g/mol. The van der Waals surface area contributed by atoms with Crippen molar-refractivity contribution >= 4 is 45.5 Å². The quantitative estimate of drug-likeness (QED) is 0.779. The molecular weight excluding hydrogens is 376 g/mol. The van der Waals surface area contributed by atoms with E-state index in [1.165, 1.54) is 21.5 Å². The number of hydrogen-bond acceptors (Lipinski definition) is 5. The number of hydrogen-bond donors (Lipinski definition) is 0. The molecule has 25 heavy (non-hydrogen) atoms. The lowest BCUT2D eigenvalue weighted by Gasteiger charge is -2.31. The van der Waals surface area contributed by atoms with E-state index in [2.05, 4.69) is 0 Å². The van der Waals surface area contributed by atoms with E-state index in [0.29, 0.717) is 24.7 Å². The van der Waals surface area contributed by atoms with Crippen molar-refractivity contribution in [2.45, 2.75) is 13.0 Å². The van der Waals surface area contributed by atoms with Crippen molar-refractivity contribution in [1.82, 2.24) is 9.21 Å². The van der Waals surface area contributed by atoms with E-state index in [4.69, 9.17) is 0 Å². The molecule has 0 spiro atoms. The van der Waals surface area contributed by atoms with Crippen LogP contribution >= 0.6 is 23.5 Å². The van der Waals surface area contributed by atoms with Crippen LogP contribution in [0.25, 0.3) is 6.08 Å². The van der Waals surface area contributed by atoms with Gasteiger partial charge in [-0.05, 0) is 18.6 Å². The zero-order valence-corrected chi connectivity index (χ0v) is 16.6. The predicted molar refractivity (Wildman–Crippen MR) is 106 cm³/mol. The second-order valence-corrected chi connectivity index (χ2v) is 10.1. The summed E-state index contributed by atoms with van der Waals surface area (Å²) in [6, 6.07) is 7.07. The summed E-state index contributed by atoms with van der Waals surface area (Å²) in [6.07, 6.45) is 1.59. The molecule has 0 N–H and O–H groups in total. The fourth-order valence-corrected chi connectivity index (χ4v) is 6.61. The molecular formula is C17H22N2O3S3. The van der Waals surface area contributed by atoms with Crippen LogP contribution in [0.3, 0.4) is 0 Å². The Balaban J connectivity index is 1.73. The Morgan fingerprint density at radius 2 is 1.84 bits per heavy atom. The first kappa shape index (κ1) is 18.8. The third kappa shape index (κ3) is 4.61. The van der Waals surface area contributed by atoms with Gasteiger partial charge in [0.1, 0.15) is 6.04 Å². The van der Waals surface area contributed by atoms with Gasteiger partial charge in [-0.1, -0.05) is 29.8 Å². The predicted octanol–water partition coefficient (Wildman–Crippen LogP) is 2.25. The molecule has 1 aromatic carbocycles. The first-order valence-electron chi connectivity index (χ1n) is 8.18. The number of thioether (sulfide) groups is 2. The van der Waals surface area contributed by atoms with Crippen LogP contribution in [0.4, 0.5) is 0 Å². The fourth-order valence-electron chi connectivity index (χ4n) is 2.79. The summed E-state index contributed by atoms with van der Waals surface area (Å²) in [7, 11) is -3.62. The Bertz CT molecular complexity index is 741. The van der Waals surface area contributed by atoms with Gasteiger partial charge in [-0.25, -0.2) is 8.42 Å². The largest absolute Gasteiger partial charge is 0.340 e. The normalized spacial score (nSPS) is 22.6. The molecule has 5 nitrogen and oxygen atoms in total. The van der Waals surface area contributed by atoms with Gasteiger partial charge >= 0.3 is 0 Å². The highest BCUT2D eigenvalue weighted by atomic mass is 32.2. The second kappa shape index (κ2) is 8.16. The van der Waals surface area contributed by atoms with Gasteiger partial charge < -0.3 is 4.90 Å². The van der Waals surface area contributed by atoms with Crippen molar-refractivity contribution in [2.75, 3.05) is 36.2 Å². The minimum atomic E-state index is -3.62. The molecule has 1 aromatic rings. The van der Waals surface area contributed by atoms with Crippen molar-refractivity contribution in [3.05, 3.63) is 40.8 Å². The molecule has 8 heteroatoms. The van der Waals surface area contributed by atoms with Crippen LogP contribution in [-0.2, 0) is 14.8 Å². The smallest absolute Gasteiger partial charge is 0.241 e. The van der Waals surface area contributed by atoms with E-state index in [0.717, 1.165) is 22.6 Å². The lowest BCUT2D eigenvalue weighted by atomic mass is 10.2. The van der Waals surface area contributed by atoms with Crippen LogP contribution < -0.4 is 0 Å². The molecule has 2 aliphatic rings. The van der Waals surface area contributed by atoms with E-state index < -0.39 is 16.1 Å². The van der Waals surface area contributed by atoms with E-state index in [1.807, 2.05) is 43.0 Å². The molecule has 1 unspecified atom stereocenters. The zero-order chi connectivity index (χ0) is 17.9. The number of rotatable bonds is 4. The molecule has 3 rings (SSSR count). The third-order valence-corrected chi connectivity index (χ3v) is 7.92. The number of benzene rings is 1. The molecule has 2 heterocycles. The maximum atomic E-state index is 12.7. The first-order valence-corrected chi connectivity index (χ1v) is 12.0. The fraction of sp³-hybridized carbons (Fsp3) is 0.471. The minimum Gasteiger partial charge on any atom is -0.340 e. The number of sulfonamides is 1. The van der Waals surface area contributed by atoms with E-state index in [9.17, 15) is 13.2 Å². The second-order valence-electron chi connectivity index (χ2n) is 6.10. The van der Waals surface area contributed by atoms with Crippen LogP contribution in [0.15, 0.2) is 29.7 Å². The number of nitrogens with zero attached hydrogens (tertiary/aromatic N) is 2. The van der Waals surface area contributed by atoms with Gasteiger partial charge in [0.25, 0.3) is 0 Å².